The molecule has 0 radical (unpaired) electrons. The number of hydrogen-bond donors (Lipinski definition) is 1. The zero-order chi connectivity index (χ0) is 13.7. The maximum absolute atomic E-state index is 11.0. The first-order chi connectivity index (χ1) is 8.45. The monoisotopic (exact) mass is 255 g/mol. The van der Waals surface area contributed by atoms with Gasteiger partial charge in [-0.2, -0.15) is 0 Å². The van der Waals surface area contributed by atoms with Crippen LogP contribution in [0.2, 0.25) is 0 Å². The smallest absolute Gasteiger partial charge is 0.339 e. The fourth-order valence-corrected chi connectivity index (χ4v) is 1.39. The van der Waals surface area contributed by atoms with Crippen LogP contribution in [-0.2, 0) is 4.74 Å². The standard InChI is InChI=1S/C11H13NO6/c1-7(6-17-2)18-10-4-3-8(12(15)16)5-9(10)11(13)14/h3-5,7H,6H2,1-2H3,(H,13,14). The molecule has 1 aromatic carbocycles. The normalized spacial score (nSPS) is 11.9. The first kappa shape index (κ1) is 13.9. The number of rotatable bonds is 6. The van der Waals surface area contributed by atoms with Gasteiger partial charge in [0.1, 0.15) is 17.4 Å². The Hall–Kier alpha value is -2.15. The molecule has 0 fully saturated rings. The fourth-order valence-electron chi connectivity index (χ4n) is 1.39. The maximum atomic E-state index is 11.0. The number of ether oxygens (including phenoxy) is 2. The Balaban J connectivity index is 3.04. The van der Waals surface area contributed by atoms with Gasteiger partial charge >= 0.3 is 5.97 Å². The predicted octanol–water partition coefficient (Wildman–Crippen LogP) is 1.71. The highest BCUT2D eigenvalue weighted by molar-refractivity contribution is 5.91. The molecule has 98 valence electrons. The third-order valence-electron chi connectivity index (χ3n) is 2.13. The number of aromatic carboxylic acids is 1. The second-order valence-corrected chi connectivity index (χ2v) is 3.63. The van der Waals surface area contributed by atoms with Gasteiger partial charge in [0.2, 0.25) is 0 Å². The summed E-state index contributed by atoms with van der Waals surface area (Å²) < 4.78 is 10.2. The number of hydrogen-bond acceptors (Lipinski definition) is 5. The molecule has 18 heavy (non-hydrogen) atoms. The van der Waals surface area contributed by atoms with E-state index in [2.05, 4.69) is 0 Å². The number of benzene rings is 1. The zero-order valence-electron chi connectivity index (χ0n) is 9.95. The molecule has 0 heterocycles. The van der Waals surface area contributed by atoms with Crippen LogP contribution in [0.5, 0.6) is 5.75 Å². The number of nitro groups is 1. The molecule has 1 atom stereocenters. The van der Waals surface area contributed by atoms with Gasteiger partial charge in [-0.1, -0.05) is 0 Å². The van der Waals surface area contributed by atoms with E-state index in [4.69, 9.17) is 14.6 Å². The summed E-state index contributed by atoms with van der Waals surface area (Å²) in [6, 6.07) is 3.44. The van der Waals surface area contributed by atoms with E-state index in [9.17, 15) is 14.9 Å². The molecule has 1 aromatic rings. The lowest BCUT2D eigenvalue weighted by Gasteiger charge is -2.15. The summed E-state index contributed by atoms with van der Waals surface area (Å²) in [6.07, 6.45) is -0.352. The fraction of sp³-hybridized carbons (Fsp3) is 0.364. The summed E-state index contributed by atoms with van der Waals surface area (Å²) >= 11 is 0. The Bertz CT molecular complexity index is 459. The van der Waals surface area contributed by atoms with E-state index in [0.717, 1.165) is 6.07 Å². The van der Waals surface area contributed by atoms with E-state index in [1.807, 2.05) is 0 Å². The van der Waals surface area contributed by atoms with E-state index in [1.54, 1.807) is 6.92 Å². The first-order valence-corrected chi connectivity index (χ1v) is 5.13. The molecule has 0 saturated carbocycles. The number of methoxy groups -OCH3 is 1. The van der Waals surface area contributed by atoms with Gasteiger partial charge in [0, 0.05) is 19.2 Å². The Labute approximate surface area is 103 Å². The average Bonchev–Trinajstić information content (AvgIpc) is 2.29. The topological polar surface area (TPSA) is 98.9 Å². The second-order valence-electron chi connectivity index (χ2n) is 3.63. The van der Waals surface area contributed by atoms with E-state index in [0.29, 0.717) is 0 Å². The van der Waals surface area contributed by atoms with Crippen LogP contribution < -0.4 is 4.74 Å². The molecular formula is C11H13NO6. The third-order valence-corrected chi connectivity index (χ3v) is 2.13. The van der Waals surface area contributed by atoms with Gasteiger partial charge < -0.3 is 14.6 Å². The minimum absolute atomic E-state index is 0.0812. The molecule has 0 bridgehead atoms. The van der Waals surface area contributed by atoms with Crippen molar-refractivity contribution in [1.82, 2.24) is 0 Å². The number of carbonyl (C=O) groups is 1. The van der Waals surface area contributed by atoms with Crippen LogP contribution in [0.3, 0.4) is 0 Å². The van der Waals surface area contributed by atoms with Gasteiger partial charge in [-0.3, -0.25) is 10.1 Å². The van der Waals surface area contributed by atoms with Crippen molar-refractivity contribution in [2.24, 2.45) is 0 Å². The van der Waals surface area contributed by atoms with Crippen molar-refractivity contribution in [2.75, 3.05) is 13.7 Å². The lowest BCUT2D eigenvalue weighted by Crippen LogP contribution is -2.19. The summed E-state index contributed by atoms with van der Waals surface area (Å²) in [5.41, 5.74) is -0.536. The molecule has 0 spiro atoms. The molecule has 0 saturated heterocycles. The quantitative estimate of drug-likeness (QED) is 0.613. The molecule has 7 nitrogen and oxygen atoms in total. The maximum Gasteiger partial charge on any atom is 0.339 e. The van der Waals surface area contributed by atoms with Gasteiger partial charge in [-0.25, -0.2) is 4.79 Å². The van der Waals surface area contributed by atoms with Crippen molar-refractivity contribution >= 4 is 11.7 Å². The zero-order valence-corrected chi connectivity index (χ0v) is 9.95. The van der Waals surface area contributed by atoms with Crippen molar-refractivity contribution in [3.05, 3.63) is 33.9 Å². The molecule has 1 unspecified atom stereocenters. The molecule has 0 aromatic heterocycles. The van der Waals surface area contributed by atoms with Crippen LogP contribution in [0.15, 0.2) is 18.2 Å². The van der Waals surface area contributed by atoms with Gasteiger partial charge in [0.05, 0.1) is 11.5 Å². The molecule has 0 aliphatic heterocycles. The van der Waals surface area contributed by atoms with Crippen LogP contribution in [0.4, 0.5) is 5.69 Å². The second kappa shape index (κ2) is 5.97. The highest BCUT2D eigenvalue weighted by Gasteiger charge is 2.18. The largest absolute Gasteiger partial charge is 0.487 e. The van der Waals surface area contributed by atoms with E-state index in [1.165, 1.54) is 19.2 Å². The number of carboxylic acid groups (broad SMARTS) is 1. The van der Waals surface area contributed by atoms with Crippen molar-refractivity contribution < 1.29 is 24.3 Å². The van der Waals surface area contributed by atoms with Crippen LogP contribution in [0.1, 0.15) is 17.3 Å². The van der Waals surface area contributed by atoms with Gasteiger partial charge in [0.15, 0.2) is 0 Å². The molecule has 0 aliphatic rings. The minimum Gasteiger partial charge on any atom is -0.487 e. The van der Waals surface area contributed by atoms with Crippen molar-refractivity contribution in [3.8, 4) is 5.75 Å². The van der Waals surface area contributed by atoms with Crippen molar-refractivity contribution in [1.29, 1.82) is 0 Å². The summed E-state index contributed by atoms with van der Waals surface area (Å²) in [7, 11) is 1.49. The van der Waals surface area contributed by atoms with Crippen LogP contribution in [0.25, 0.3) is 0 Å². The van der Waals surface area contributed by atoms with E-state index in [-0.39, 0.29) is 29.7 Å². The summed E-state index contributed by atoms with van der Waals surface area (Å²) in [5, 5.41) is 19.5. The molecular weight excluding hydrogens is 242 g/mol. The van der Waals surface area contributed by atoms with Crippen molar-refractivity contribution in [2.45, 2.75) is 13.0 Å². The van der Waals surface area contributed by atoms with Gasteiger partial charge in [0.25, 0.3) is 5.69 Å². The van der Waals surface area contributed by atoms with Crippen LogP contribution >= 0.6 is 0 Å². The SMILES string of the molecule is COCC(C)Oc1ccc([N+](=O)[O-])cc1C(=O)O. The average molecular weight is 255 g/mol. The molecule has 0 aliphatic carbocycles. The first-order valence-electron chi connectivity index (χ1n) is 5.13. The molecule has 7 heteroatoms. The molecule has 0 amide bonds. The van der Waals surface area contributed by atoms with E-state index < -0.39 is 10.9 Å². The number of nitrogens with zero attached hydrogens (tertiary/aromatic N) is 1. The number of carboxylic acids is 1. The minimum atomic E-state index is -1.28. The van der Waals surface area contributed by atoms with Gasteiger partial charge in [-0.05, 0) is 13.0 Å². The molecule has 1 N–H and O–H groups in total. The Morgan fingerprint density at radius 1 is 1.56 bits per heavy atom. The Morgan fingerprint density at radius 3 is 2.72 bits per heavy atom. The van der Waals surface area contributed by atoms with Gasteiger partial charge in [-0.15, -0.1) is 0 Å². The summed E-state index contributed by atoms with van der Waals surface area (Å²) in [5.74, 6) is -1.20. The Kier molecular flexibility index (Phi) is 4.61. The van der Waals surface area contributed by atoms with Crippen molar-refractivity contribution in [3.63, 3.8) is 0 Å². The Morgan fingerprint density at radius 2 is 2.22 bits per heavy atom. The van der Waals surface area contributed by atoms with Crippen LogP contribution in [-0.4, -0.2) is 35.8 Å². The molecule has 1 rings (SSSR count). The number of non-ortho nitro benzene ring substituents is 1. The highest BCUT2D eigenvalue weighted by atomic mass is 16.6. The number of nitro benzene ring substituents is 1. The van der Waals surface area contributed by atoms with Crippen LogP contribution in [0, 0.1) is 10.1 Å². The van der Waals surface area contributed by atoms with E-state index >= 15 is 0 Å². The summed E-state index contributed by atoms with van der Waals surface area (Å²) in [4.78, 5) is 20.9. The lowest BCUT2D eigenvalue weighted by molar-refractivity contribution is -0.384. The lowest BCUT2D eigenvalue weighted by atomic mass is 10.2. The third kappa shape index (κ3) is 3.42. The summed E-state index contributed by atoms with van der Waals surface area (Å²) in [6.45, 7) is 1.99. The predicted molar refractivity (Wildman–Crippen MR) is 62.0 cm³/mol. The highest BCUT2D eigenvalue weighted by Crippen LogP contribution is 2.25.